The van der Waals surface area contributed by atoms with Crippen molar-refractivity contribution in [3.8, 4) is 5.75 Å². The first-order chi connectivity index (χ1) is 6.32. The quantitative estimate of drug-likeness (QED) is 0.482. The standard InChI is InChI=1S/C8H9F3N2O/c9-8(10,11)7(13)5-3-4(12)1-2-6(5)14/h1-3,7,14H,12-13H2. The molecule has 1 aromatic carbocycles. The van der Waals surface area contributed by atoms with Crippen LogP contribution in [0.5, 0.6) is 5.75 Å². The molecule has 1 atom stereocenters. The molecule has 1 unspecified atom stereocenters. The maximum atomic E-state index is 12.2. The smallest absolute Gasteiger partial charge is 0.407 e. The van der Waals surface area contributed by atoms with Gasteiger partial charge in [-0.2, -0.15) is 13.2 Å². The minimum atomic E-state index is -4.59. The molecular formula is C8H9F3N2O. The van der Waals surface area contributed by atoms with Gasteiger partial charge in [0.2, 0.25) is 0 Å². The van der Waals surface area contributed by atoms with E-state index in [1.54, 1.807) is 0 Å². The topological polar surface area (TPSA) is 72.3 Å². The van der Waals surface area contributed by atoms with Crippen LogP contribution in [0.25, 0.3) is 0 Å². The highest BCUT2D eigenvalue weighted by atomic mass is 19.4. The van der Waals surface area contributed by atoms with E-state index in [1.807, 2.05) is 0 Å². The second kappa shape index (κ2) is 3.38. The molecule has 14 heavy (non-hydrogen) atoms. The Morgan fingerprint density at radius 3 is 2.36 bits per heavy atom. The predicted octanol–water partition coefficient (Wildman–Crippen LogP) is 1.54. The molecule has 0 bridgehead atoms. The molecule has 78 valence electrons. The van der Waals surface area contributed by atoms with Gasteiger partial charge < -0.3 is 16.6 Å². The summed E-state index contributed by atoms with van der Waals surface area (Å²) >= 11 is 0. The van der Waals surface area contributed by atoms with E-state index < -0.39 is 23.5 Å². The van der Waals surface area contributed by atoms with Crippen LogP contribution in [0, 0.1) is 0 Å². The van der Waals surface area contributed by atoms with Crippen molar-refractivity contribution in [2.45, 2.75) is 12.2 Å². The molecule has 0 radical (unpaired) electrons. The highest BCUT2D eigenvalue weighted by molar-refractivity contribution is 5.48. The predicted molar refractivity (Wildman–Crippen MR) is 45.5 cm³/mol. The van der Waals surface area contributed by atoms with E-state index in [4.69, 9.17) is 16.6 Å². The highest BCUT2D eigenvalue weighted by Gasteiger charge is 2.39. The van der Waals surface area contributed by atoms with E-state index in [0.717, 1.165) is 12.1 Å². The van der Waals surface area contributed by atoms with Crippen LogP contribution in [0.4, 0.5) is 18.9 Å². The van der Waals surface area contributed by atoms with Crippen LogP contribution in [-0.4, -0.2) is 11.3 Å². The fourth-order valence-electron chi connectivity index (χ4n) is 0.998. The van der Waals surface area contributed by atoms with Crippen LogP contribution in [0.15, 0.2) is 18.2 Å². The first-order valence-corrected chi connectivity index (χ1v) is 3.73. The molecule has 0 aromatic heterocycles. The molecule has 3 nitrogen and oxygen atoms in total. The Labute approximate surface area is 78.1 Å². The van der Waals surface area contributed by atoms with Crippen LogP contribution in [0.2, 0.25) is 0 Å². The van der Waals surface area contributed by atoms with Gasteiger partial charge >= 0.3 is 6.18 Å². The maximum Gasteiger partial charge on any atom is 0.407 e. The summed E-state index contributed by atoms with van der Waals surface area (Å²) in [7, 11) is 0. The second-order valence-electron chi connectivity index (χ2n) is 2.84. The zero-order valence-electron chi connectivity index (χ0n) is 7.05. The number of alkyl halides is 3. The monoisotopic (exact) mass is 206 g/mol. The fourth-order valence-corrected chi connectivity index (χ4v) is 0.998. The SMILES string of the molecule is Nc1ccc(O)c(C(N)C(F)(F)F)c1. The average Bonchev–Trinajstić information content (AvgIpc) is 2.06. The number of aromatic hydroxyl groups is 1. The lowest BCUT2D eigenvalue weighted by Crippen LogP contribution is -2.28. The lowest BCUT2D eigenvalue weighted by atomic mass is 10.1. The molecule has 1 rings (SSSR count). The van der Waals surface area contributed by atoms with Crippen LogP contribution < -0.4 is 11.5 Å². The average molecular weight is 206 g/mol. The van der Waals surface area contributed by atoms with Crippen molar-refractivity contribution >= 4 is 5.69 Å². The van der Waals surface area contributed by atoms with Crippen LogP contribution in [0.1, 0.15) is 11.6 Å². The largest absolute Gasteiger partial charge is 0.508 e. The van der Waals surface area contributed by atoms with Crippen molar-refractivity contribution in [3.63, 3.8) is 0 Å². The molecule has 0 aliphatic rings. The Hall–Kier alpha value is -1.43. The second-order valence-corrected chi connectivity index (χ2v) is 2.84. The Bertz CT molecular complexity index is 338. The minimum absolute atomic E-state index is 0.123. The van der Waals surface area contributed by atoms with Crippen molar-refractivity contribution < 1.29 is 18.3 Å². The summed E-state index contributed by atoms with van der Waals surface area (Å²) in [5.41, 5.74) is 9.88. The number of nitrogens with two attached hydrogens (primary N) is 2. The van der Waals surface area contributed by atoms with Crippen LogP contribution in [0.3, 0.4) is 0 Å². The third-order valence-electron chi connectivity index (χ3n) is 1.74. The van der Waals surface area contributed by atoms with Gasteiger partial charge in [0.1, 0.15) is 11.8 Å². The van der Waals surface area contributed by atoms with E-state index in [9.17, 15) is 13.2 Å². The molecule has 0 aliphatic carbocycles. The number of anilines is 1. The minimum Gasteiger partial charge on any atom is -0.508 e. The molecule has 0 amide bonds. The van der Waals surface area contributed by atoms with E-state index >= 15 is 0 Å². The van der Waals surface area contributed by atoms with Gasteiger partial charge in [0, 0.05) is 11.3 Å². The summed E-state index contributed by atoms with van der Waals surface area (Å²) < 4.78 is 36.5. The lowest BCUT2D eigenvalue weighted by Gasteiger charge is -2.17. The molecule has 0 saturated carbocycles. The molecule has 0 aliphatic heterocycles. The molecule has 6 heteroatoms. The van der Waals surface area contributed by atoms with Crippen molar-refractivity contribution in [1.82, 2.24) is 0 Å². The van der Waals surface area contributed by atoms with Gasteiger partial charge in [-0.15, -0.1) is 0 Å². The fraction of sp³-hybridized carbons (Fsp3) is 0.250. The zero-order chi connectivity index (χ0) is 10.9. The van der Waals surface area contributed by atoms with Crippen molar-refractivity contribution in [3.05, 3.63) is 23.8 Å². The number of halogens is 3. The summed E-state index contributed by atoms with van der Waals surface area (Å²) in [4.78, 5) is 0. The van der Waals surface area contributed by atoms with Crippen molar-refractivity contribution in [1.29, 1.82) is 0 Å². The number of hydrogen-bond donors (Lipinski definition) is 3. The lowest BCUT2D eigenvalue weighted by molar-refractivity contribution is -0.149. The Balaban J connectivity index is 3.12. The van der Waals surface area contributed by atoms with Gasteiger partial charge in [0.25, 0.3) is 0 Å². The molecule has 0 heterocycles. The van der Waals surface area contributed by atoms with Crippen LogP contribution >= 0.6 is 0 Å². The van der Waals surface area contributed by atoms with E-state index in [1.165, 1.54) is 6.07 Å². The summed E-state index contributed by atoms with van der Waals surface area (Å²) in [6.07, 6.45) is -4.59. The maximum absolute atomic E-state index is 12.2. The molecule has 1 aromatic rings. The van der Waals surface area contributed by atoms with Gasteiger partial charge in [-0.25, -0.2) is 0 Å². The number of hydrogen-bond acceptors (Lipinski definition) is 3. The number of phenolic OH excluding ortho intramolecular Hbond substituents is 1. The summed E-state index contributed by atoms with van der Waals surface area (Å²) in [6.45, 7) is 0. The third kappa shape index (κ3) is 2.08. The highest BCUT2D eigenvalue weighted by Crippen LogP contribution is 2.35. The van der Waals surface area contributed by atoms with Crippen LogP contribution in [-0.2, 0) is 0 Å². The van der Waals surface area contributed by atoms with Gasteiger partial charge in [-0.3, -0.25) is 0 Å². The summed E-state index contributed by atoms with van der Waals surface area (Å²) in [5, 5.41) is 9.13. The van der Waals surface area contributed by atoms with E-state index in [2.05, 4.69) is 0 Å². The van der Waals surface area contributed by atoms with E-state index in [0.29, 0.717) is 0 Å². The Kier molecular flexibility index (Phi) is 2.57. The first-order valence-electron chi connectivity index (χ1n) is 3.73. The molecule has 0 saturated heterocycles. The third-order valence-corrected chi connectivity index (χ3v) is 1.74. The Morgan fingerprint density at radius 2 is 1.86 bits per heavy atom. The van der Waals surface area contributed by atoms with Gasteiger partial charge in [0.05, 0.1) is 0 Å². The molecule has 0 fully saturated rings. The Morgan fingerprint density at radius 1 is 1.29 bits per heavy atom. The van der Waals surface area contributed by atoms with E-state index in [-0.39, 0.29) is 5.69 Å². The van der Waals surface area contributed by atoms with Gasteiger partial charge in [0.15, 0.2) is 0 Å². The number of phenols is 1. The molecule has 0 spiro atoms. The van der Waals surface area contributed by atoms with Gasteiger partial charge in [-0.05, 0) is 18.2 Å². The normalized spacial score (nSPS) is 14.0. The number of benzene rings is 1. The molecule has 5 N–H and O–H groups in total. The zero-order valence-corrected chi connectivity index (χ0v) is 7.05. The number of nitrogen functional groups attached to an aromatic ring is 1. The summed E-state index contributed by atoms with van der Waals surface area (Å²) in [6, 6.07) is 1.16. The molecular weight excluding hydrogens is 197 g/mol. The van der Waals surface area contributed by atoms with Crippen molar-refractivity contribution in [2.24, 2.45) is 5.73 Å². The first kappa shape index (κ1) is 10.6. The summed E-state index contributed by atoms with van der Waals surface area (Å²) in [5.74, 6) is -0.510. The van der Waals surface area contributed by atoms with Crippen molar-refractivity contribution in [2.75, 3.05) is 5.73 Å². The van der Waals surface area contributed by atoms with Gasteiger partial charge in [-0.1, -0.05) is 0 Å². The number of rotatable bonds is 1.